The first kappa shape index (κ1) is 9.46. The Balaban J connectivity index is 2.47. The summed E-state index contributed by atoms with van der Waals surface area (Å²) in [4.78, 5) is 0. The van der Waals surface area contributed by atoms with E-state index >= 15 is 0 Å². The maximum Gasteiger partial charge on any atom is 0.454 e. The second-order valence-corrected chi connectivity index (χ2v) is 3.77. The van der Waals surface area contributed by atoms with Gasteiger partial charge in [0.15, 0.2) is 11.9 Å². The monoisotopic (exact) mass is 227 g/mol. The second kappa shape index (κ2) is 3.96. The van der Waals surface area contributed by atoms with Gasteiger partial charge in [-0.05, 0) is 12.1 Å². The normalized spacial score (nSPS) is 14.4. The fourth-order valence-corrected chi connectivity index (χ4v) is 2.05. The summed E-state index contributed by atoms with van der Waals surface area (Å²) in [6, 6.07) is 7.70. The predicted molar refractivity (Wildman–Crippen MR) is 60.8 cm³/mol. The molecule has 1 N–H and O–H groups in total. The van der Waals surface area contributed by atoms with Gasteiger partial charge in [0, 0.05) is 11.6 Å². The molecule has 5 heteroatoms. The van der Waals surface area contributed by atoms with Crippen molar-refractivity contribution in [2.75, 3.05) is 7.11 Å². The lowest BCUT2D eigenvalue weighted by molar-refractivity contribution is 0.414. The quantitative estimate of drug-likeness (QED) is 0.471. The van der Waals surface area contributed by atoms with Gasteiger partial charge >= 0.3 is 10.3 Å². The van der Waals surface area contributed by atoms with E-state index in [0.29, 0.717) is 5.29 Å². The van der Waals surface area contributed by atoms with Crippen molar-refractivity contribution in [1.29, 1.82) is 0 Å². The number of methoxy groups -OCH3 is 1. The van der Waals surface area contributed by atoms with Crippen LogP contribution in [-0.2, 0) is 0 Å². The Kier molecular flexibility index (Phi) is 2.68. The summed E-state index contributed by atoms with van der Waals surface area (Å²) < 4.78 is 12.2. The van der Waals surface area contributed by atoms with E-state index in [1.54, 1.807) is 7.11 Å². The molecule has 3 nitrogen and oxygen atoms in total. The molecule has 0 amide bonds. The fraction of sp³-hybridized carbons (Fsp3) is 0.111. The molecule has 0 fully saturated rings. The molecule has 72 valence electrons. The van der Waals surface area contributed by atoms with Gasteiger partial charge in [0.05, 0.1) is 12.7 Å². The molecule has 1 aliphatic heterocycles. The van der Waals surface area contributed by atoms with Crippen LogP contribution < -0.4 is 14.1 Å². The minimum atomic E-state index is 0.399. The van der Waals surface area contributed by atoms with E-state index in [1.165, 1.54) is 11.9 Å². The first-order chi connectivity index (χ1) is 6.81. The molecular formula is C9H8ClN2OS+. The van der Waals surface area contributed by atoms with Crippen molar-refractivity contribution < 1.29 is 4.74 Å². The van der Waals surface area contributed by atoms with Crippen molar-refractivity contribution in [1.82, 2.24) is 9.39 Å². The highest BCUT2D eigenvalue weighted by Crippen LogP contribution is 2.22. The first-order valence-corrected chi connectivity index (χ1v) is 5.18. The number of hydrogen-bond donors (Lipinski definition) is 1. The Bertz CT molecular complexity index is 427. The largest absolute Gasteiger partial charge is 0.496 e. The topological polar surface area (TPSA) is 35.4 Å². The highest BCUT2D eigenvalue weighted by Gasteiger charge is 2.25. The average molecular weight is 228 g/mol. The van der Waals surface area contributed by atoms with E-state index in [-0.39, 0.29) is 0 Å². The van der Waals surface area contributed by atoms with Crippen LogP contribution >= 0.6 is 23.5 Å². The van der Waals surface area contributed by atoms with Crippen LogP contribution in [-0.4, -0.2) is 17.4 Å². The summed E-state index contributed by atoms with van der Waals surface area (Å²) >= 11 is 7.09. The van der Waals surface area contributed by atoms with E-state index < -0.39 is 0 Å². The number of ether oxygens (including phenoxy) is 1. The molecule has 0 unspecified atom stereocenters. The molecule has 1 aromatic carbocycles. The molecule has 2 rings (SSSR count). The molecule has 14 heavy (non-hydrogen) atoms. The highest BCUT2D eigenvalue weighted by atomic mass is 35.5. The molecule has 1 aromatic rings. The van der Waals surface area contributed by atoms with Crippen LogP contribution in [0.1, 0.15) is 5.56 Å². The lowest BCUT2D eigenvalue weighted by Crippen LogP contribution is -2.04. The Labute approximate surface area is 91.0 Å². The van der Waals surface area contributed by atoms with Crippen LogP contribution in [0.3, 0.4) is 0 Å². The van der Waals surface area contributed by atoms with Crippen molar-refractivity contribution in [2.24, 2.45) is 0 Å². The Morgan fingerprint density at radius 1 is 1.43 bits per heavy atom. The van der Waals surface area contributed by atoms with Gasteiger partial charge in [0.1, 0.15) is 5.75 Å². The summed E-state index contributed by atoms with van der Waals surface area (Å²) in [5, 5.41) is 1.23. The lowest BCUT2D eigenvalue weighted by atomic mass is 10.2. The second-order valence-electron chi connectivity index (χ2n) is 2.61. The zero-order chi connectivity index (χ0) is 9.97. The van der Waals surface area contributed by atoms with Gasteiger partial charge in [-0.2, -0.15) is 9.39 Å². The molecule has 0 aromatic heterocycles. The van der Waals surface area contributed by atoms with Crippen molar-refractivity contribution in [3.63, 3.8) is 0 Å². The van der Waals surface area contributed by atoms with Gasteiger partial charge in [-0.1, -0.05) is 12.1 Å². The summed E-state index contributed by atoms with van der Waals surface area (Å²) in [6.07, 6.45) is 0. The van der Waals surface area contributed by atoms with Gasteiger partial charge in [-0.25, -0.2) is 0 Å². The Hall–Kier alpha value is -1.09. The fourth-order valence-electron chi connectivity index (χ4n) is 1.16. The Morgan fingerprint density at radius 2 is 2.21 bits per heavy atom. The molecule has 0 bridgehead atoms. The van der Waals surface area contributed by atoms with Crippen LogP contribution in [0.25, 0.3) is 0 Å². The molecular weight excluding hydrogens is 220 g/mol. The van der Waals surface area contributed by atoms with Gasteiger partial charge < -0.3 is 4.74 Å². The summed E-state index contributed by atoms with van der Waals surface area (Å²) in [5.74, 6) is 0.798. The van der Waals surface area contributed by atoms with E-state index in [2.05, 4.69) is 9.39 Å². The third kappa shape index (κ3) is 1.73. The third-order valence-corrected chi connectivity index (χ3v) is 2.86. The van der Waals surface area contributed by atoms with Gasteiger partial charge in [0.25, 0.3) is 0 Å². The maximum absolute atomic E-state index is 5.71. The maximum atomic E-state index is 5.71. The van der Waals surface area contributed by atoms with E-state index in [0.717, 1.165) is 16.4 Å². The molecule has 0 spiro atoms. The predicted octanol–water partition coefficient (Wildman–Crippen LogP) is 1.36. The number of nitrogens with zero attached hydrogens (tertiary/aromatic N) is 1. The Morgan fingerprint density at radius 3 is 2.86 bits per heavy atom. The van der Waals surface area contributed by atoms with E-state index in [4.69, 9.17) is 16.3 Å². The van der Waals surface area contributed by atoms with Gasteiger partial charge in [-0.3, -0.25) is 0 Å². The first-order valence-electron chi connectivity index (χ1n) is 3.98. The number of para-hydroxylation sites is 1. The molecule has 0 saturated carbocycles. The van der Waals surface area contributed by atoms with Crippen LogP contribution in [0, 0.1) is 0 Å². The number of halogens is 1. The number of amidine groups is 1. The van der Waals surface area contributed by atoms with Crippen molar-refractivity contribution in [3.05, 3.63) is 29.8 Å². The highest BCUT2D eigenvalue weighted by molar-refractivity contribution is 8.13. The van der Waals surface area contributed by atoms with E-state index in [1.807, 2.05) is 24.3 Å². The molecule has 1 aliphatic rings. The summed E-state index contributed by atoms with van der Waals surface area (Å²) in [5.41, 5.74) is 0.947. The molecule has 0 radical (unpaired) electrons. The molecule has 0 aliphatic carbocycles. The molecule has 1 heterocycles. The average Bonchev–Trinajstić information content (AvgIpc) is 2.65. The molecule has 0 atom stereocenters. The number of nitrogens with one attached hydrogen (secondary N) is 1. The van der Waals surface area contributed by atoms with Crippen LogP contribution in [0.4, 0.5) is 0 Å². The smallest absolute Gasteiger partial charge is 0.454 e. The van der Waals surface area contributed by atoms with Crippen molar-refractivity contribution in [3.8, 4) is 5.75 Å². The minimum Gasteiger partial charge on any atom is -0.496 e. The number of hydrogen-bond acceptors (Lipinski definition) is 3. The van der Waals surface area contributed by atoms with Crippen molar-refractivity contribution in [2.45, 2.75) is 0 Å². The van der Waals surface area contributed by atoms with Crippen LogP contribution in [0.15, 0.2) is 24.3 Å². The third-order valence-electron chi connectivity index (χ3n) is 1.77. The SMILES string of the molecule is COc1ccccc1C1=[N+]=C(Cl)NS1. The molecule has 0 saturated heterocycles. The lowest BCUT2D eigenvalue weighted by Gasteiger charge is -2.01. The zero-order valence-corrected chi connectivity index (χ0v) is 9.02. The standard InChI is InChI=1S/C9H7ClN2OS/c1-13-7-5-3-2-4-6(7)8-11-9(10)12-14-8/h2-5H,1H3/p+1. The van der Waals surface area contributed by atoms with Crippen LogP contribution in [0.2, 0.25) is 0 Å². The summed E-state index contributed by atoms with van der Waals surface area (Å²) in [6.45, 7) is 0. The van der Waals surface area contributed by atoms with Crippen molar-refractivity contribution >= 4 is 33.9 Å². The number of benzene rings is 1. The number of rotatable bonds is 2. The van der Waals surface area contributed by atoms with Gasteiger partial charge in [-0.15, -0.1) is 0 Å². The van der Waals surface area contributed by atoms with Gasteiger partial charge in [0.2, 0.25) is 0 Å². The summed E-state index contributed by atoms with van der Waals surface area (Å²) in [7, 11) is 1.64. The minimum absolute atomic E-state index is 0.399. The zero-order valence-electron chi connectivity index (χ0n) is 7.45. The van der Waals surface area contributed by atoms with Crippen LogP contribution in [0.5, 0.6) is 5.75 Å². The van der Waals surface area contributed by atoms with E-state index in [9.17, 15) is 0 Å².